The molecule has 0 atom stereocenters. The highest BCUT2D eigenvalue weighted by molar-refractivity contribution is 6.04. The third-order valence-electron chi connectivity index (χ3n) is 3.90. The molecule has 5 heteroatoms. The Hall–Kier alpha value is -3.13. The molecule has 2 N–H and O–H groups in total. The Balaban J connectivity index is 2.02. The Morgan fingerprint density at radius 3 is 2.16 bits per heavy atom. The Kier molecular flexibility index (Phi) is 5.56. The Labute approximate surface area is 147 Å². The predicted octanol–water partition coefficient (Wildman–Crippen LogP) is 3.38. The molecule has 5 nitrogen and oxygen atoms in total. The third kappa shape index (κ3) is 4.92. The summed E-state index contributed by atoms with van der Waals surface area (Å²) in [6.45, 7) is 5.60. The average molecular weight is 335 g/mol. The maximum absolute atomic E-state index is 12.3. The molecule has 25 heavy (non-hydrogen) atoms. The summed E-state index contributed by atoms with van der Waals surface area (Å²) in [4.78, 5) is 23.2. The van der Waals surface area contributed by atoms with Crippen LogP contribution in [0.15, 0.2) is 48.5 Å². The molecule has 0 aromatic heterocycles. The van der Waals surface area contributed by atoms with Crippen molar-refractivity contribution in [1.29, 1.82) is 5.26 Å². The minimum Gasteiger partial charge on any atom is -0.352 e. The molecule has 0 aliphatic carbocycles. The second kappa shape index (κ2) is 7.63. The van der Waals surface area contributed by atoms with Gasteiger partial charge in [0.05, 0.1) is 11.5 Å². The molecule has 2 aromatic carbocycles. The van der Waals surface area contributed by atoms with E-state index in [4.69, 9.17) is 5.26 Å². The quantitative estimate of drug-likeness (QED) is 0.879. The van der Waals surface area contributed by atoms with E-state index in [1.165, 1.54) is 6.92 Å². The highest BCUT2D eigenvalue weighted by Crippen LogP contribution is 2.23. The molecule has 0 spiro atoms. The van der Waals surface area contributed by atoms with E-state index in [0.29, 0.717) is 17.8 Å². The molecule has 0 heterocycles. The van der Waals surface area contributed by atoms with Gasteiger partial charge in [0.25, 0.3) is 5.91 Å². The molecule has 2 aromatic rings. The van der Waals surface area contributed by atoms with Gasteiger partial charge < -0.3 is 10.6 Å². The predicted molar refractivity (Wildman–Crippen MR) is 97.0 cm³/mol. The molecule has 0 saturated heterocycles. The van der Waals surface area contributed by atoms with Crippen LogP contribution < -0.4 is 10.6 Å². The van der Waals surface area contributed by atoms with Crippen molar-refractivity contribution in [3.63, 3.8) is 0 Å². The highest BCUT2D eigenvalue weighted by Gasteiger charge is 2.19. The second-order valence-corrected chi connectivity index (χ2v) is 6.37. The van der Waals surface area contributed by atoms with E-state index in [1.807, 2.05) is 38.1 Å². The maximum Gasteiger partial charge on any atom is 0.255 e. The lowest BCUT2D eigenvalue weighted by Gasteiger charge is -2.16. The molecular weight excluding hydrogens is 314 g/mol. The Morgan fingerprint density at radius 2 is 1.64 bits per heavy atom. The number of nitrogens with zero attached hydrogens (tertiary/aromatic N) is 1. The van der Waals surface area contributed by atoms with E-state index >= 15 is 0 Å². The fourth-order valence-electron chi connectivity index (χ4n) is 2.24. The molecule has 2 rings (SSSR count). The van der Waals surface area contributed by atoms with Crippen molar-refractivity contribution in [3.8, 4) is 6.07 Å². The number of hydrogen-bond acceptors (Lipinski definition) is 3. The van der Waals surface area contributed by atoms with Crippen LogP contribution in [0.1, 0.15) is 42.3 Å². The summed E-state index contributed by atoms with van der Waals surface area (Å²) in [5.74, 6) is -0.303. The summed E-state index contributed by atoms with van der Waals surface area (Å²) in [6, 6.07) is 16.6. The van der Waals surface area contributed by atoms with Crippen molar-refractivity contribution in [2.75, 3.05) is 5.32 Å². The zero-order chi connectivity index (χ0) is 18.4. The van der Waals surface area contributed by atoms with Crippen LogP contribution >= 0.6 is 0 Å². The lowest BCUT2D eigenvalue weighted by molar-refractivity contribution is -0.119. The van der Waals surface area contributed by atoms with Gasteiger partial charge in [0.15, 0.2) is 0 Å². The van der Waals surface area contributed by atoms with Gasteiger partial charge >= 0.3 is 0 Å². The number of carbonyl (C=O) groups is 2. The van der Waals surface area contributed by atoms with Gasteiger partial charge in [-0.2, -0.15) is 5.26 Å². The van der Waals surface area contributed by atoms with Crippen molar-refractivity contribution >= 4 is 17.5 Å². The van der Waals surface area contributed by atoms with Crippen LogP contribution in [0.25, 0.3) is 0 Å². The number of nitrogens with one attached hydrogen (secondary N) is 2. The van der Waals surface area contributed by atoms with Crippen molar-refractivity contribution in [2.45, 2.75) is 32.7 Å². The van der Waals surface area contributed by atoms with Crippen LogP contribution in [0.2, 0.25) is 0 Å². The molecule has 0 aliphatic heterocycles. The minimum absolute atomic E-state index is 0.0927. The fourth-order valence-corrected chi connectivity index (χ4v) is 2.24. The van der Waals surface area contributed by atoms with Gasteiger partial charge in [-0.25, -0.2) is 0 Å². The first-order valence-corrected chi connectivity index (χ1v) is 7.98. The molecule has 0 fully saturated rings. The minimum atomic E-state index is -0.563. The molecule has 128 valence electrons. The number of rotatable bonds is 5. The van der Waals surface area contributed by atoms with Crippen LogP contribution in [0.5, 0.6) is 0 Å². The average Bonchev–Trinajstić information content (AvgIpc) is 2.60. The summed E-state index contributed by atoms with van der Waals surface area (Å²) < 4.78 is 0. The molecule has 2 amide bonds. The Bertz CT molecular complexity index is 800. The van der Waals surface area contributed by atoms with Crippen molar-refractivity contribution in [1.82, 2.24) is 5.32 Å². The molecule has 0 radical (unpaired) electrons. The van der Waals surface area contributed by atoms with Gasteiger partial charge in [-0.1, -0.05) is 24.3 Å². The number of carbonyl (C=O) groups excluding carboxylic acids is 2. The van der Waals surface area contributed by atoms with Gasteiger partial charge in [-0.3, -0.25) is 9.59 Å². The molecule has 0 aliphatic rings. The smallest absolute Gasteiger partial charge is 0.255 e. The normalized spacial score (nSPS) is 10.6. The standard InChI is InChI=1S/C20H21N3O2/c1-14(24)22-12-15-4-6-16(7-5-15)19(25)23-18-10-8-17(9-11-18)20(2,3)13-21/h4-11H,12H2,1-3H3,(H,22,24)(H,23,25). The number of amides is 2. The van der Waals surface area contributed by atoms with Crippen LogP contribution in [0.3, 0.4) is 0 Å². The lowest BCUT2D eigenvalue weighted by Crippen LogP contribution is -2.19. The zero-order valence-electron chi connectivity index (χ0n) is 14.6. The first-order valence-electron chi connectivity index (χ1n) is 7.98. The summed E-state index contributed by atoms with van der Waals surface area (Å²) >= 11 is 0. The summed E-state index contributed by atoms with van der Waals surface area (Å²) in [7, 11) is 0. The fraction of sp³-hybridized carbons (Fsp3) is 0.250. The van der Waals surface area contributed by atoms with E-state index < -0.39 is 5.41 Å². The highest BCUT2D eigenvalue weighted by atomic mass is 16.2. The first kappa shape index (κ1) is 18.2. The van der Waals surface area contributed by atoms with Crippen molar-refractivity contribution in [2.24, 2.45) is 0 Å². The summed E-state index contributed by atoms with van der Waals surface area (Å²) in [5.41, 5.74) is 2.47. The van der Waals surface area contributed by atoms with E-state index in [0.717, 1.165) is 11.1 Å². The lowest BCUT2D eigenvalue weighted by atomic mass is 9.86. The van der Waals surface area contributed by atoms with E-state index in [9.17, 15) is 9.59 Å². The largest absolute Gasteiger partial charge is 0.352 e. The first-order chi connectivity index (χ1) is 11.8. The van der Waals surface area contributed by atoms with Crippen LogP contribution in [0, 0.1) is 11.3 Å². The van der Waals surface area contributed by atoms with Crippen molar-refractivity contribution in [3.05, 3.63) is 65.2 Å². The van der Waals surface area contributed by atoms with Crippen LogP contribution in [0.4, 0.5) is 5.69 Å². The third-order valence-corrected chi connectivity index (χ3v) is 3.90. The van der Waals surface area contributed by atoms with Gasteiger partial charge in [-0.05, 0) is 49.2 Å². The van der Waals surface area contributed by atoms with Gasteiger partial charge in [0, 0.05) is 24.7 Å². The Morgan fingerprint density at radius 1 is 1.04 bits per heavy atom. The van der Waals surface area contributed by atoms with E-state index in [-0.39, 0.29) is 11.8 Å². The van der Waals surface area contributed by atoms with Crippen LogP contribution in [-0.2, 0) is 16.8 Å². The van der Waals surface area contributed by atoms with Crippen molar-refractivity contribution < 1.29 is 9.59 Å². The van der Waals surface area contributed by atoms with Crippen LogP contribution in [-0.4, -0.2) is 11.8 Å². The van der Waals surface area contributed by atoms with E-state index in [1.54, 1.807) is 24.3 Å². The van der Waals surface area contributed by atoms with Gasteiger partial charge in [0.1, 0.15) is 0 Å². The number of hydrogen-bond donors (Lipinski definition) is 2. The van der Waals surface area contributed by atoms with E-state index in [2.05, 4.69) is 16.7 Å². The molecule has 0 unspecified atom stereocenters. The monoisotopic (exact) mass is 335 g/mol. The zero-order valence-corrected chi connectivity index (χ0v) is 14.6. The van der Waals surface area contributed by atoms with Gasteiger partial charge in [0.2, 0.25) is 5.91 Å². The molecular formula is C20H21N3O2. The number of nitriles is 1. The topological polar surface area (TPSA) is 82.0 Å². The summed E-state index contributed by atoms with van der Waals surface area (Å²) in [6.07, 6.45) is 0. The molecule has 0 bridgehead atoms. The second-order valence-electron chi connectivity index (χ2n) is 6.37. The number of benzene rings is 2. The molecule has 0 saturated carbocycles. The SMILES string of the molecule is CC(=O)NCc1ccc(C(=O)Nc2ccc(C(C)(C)C#N)cc2)cc1. The van der Waals surface area contributed by atoms with Gasteiger partial charge in [-0.15, -0.1) is 0 Å². The summed E-state index contributed by atoms with van der Waals surface area (Å²) in [5, 5.41) is 14.7. The number of anilines is 1. The maximum atomic E-state index is 12.3.